The zero-order valence-corrected chi connectivity index (χ0v) is 18.4. The Morgan fingerprint density at radius 1 is 1.14 bits per heavy atom. The number of ether oxygens (including phenoxy) is 1. The number of nitrogens with zero attached hydrogens (tertiary/aromatic N) is 4. The van der Waals surface area contributed by atoms with Crippen molar-refractivity contribution in [3.63, 3.8) is 0 Å². The second kappa shape index (κ2) is 8.03. The first kappa shape index (κ1) is 22.0. The van der Waals surface area contributed by atoms with Crippen LogP contribution in [0.1, 0.15) is 60.5 Å². The van der Waals surface area contributed by atoms with Gasteiger partial charge in [0.05, 0.1) is 17.5 Å². The zero-order valence-electron chi connectivity index (χ0n) is 18.4. The summed E-state index contributed by atoms with van der Waals surface area (Å²) in [6, 6.07) is 7.69. The van der Waals surface area contributed by atoms with E-state index >= 15 is 4.39 Å². The van der Waals surface area contributed by atoms with Crippen LogP contribution in [0.3, 0.4) is 0 Å². The molecule has 180 valence electrons. The Balaban J connectivity index is 1.45. The average Bonchev–Trinajstić information content (AvgIpc) is 3.34. The highest BCUT2D eigenvalue weighted by atomic mass is 19.3. The van der Waals surface area contributed by atoms with E-state index in [1.54, 1.807) is 28.8 Å². The van der Waals surface area contributed by atoms with Crippen LogP contribution < -0.4 is 4.74 Å². The number of halogens is 3. The number of aromatic nitrogens is 4. The van der Waals surface area contributed by atoms with E-state index in [2.05, 4.69) is 15.0 Å². The molecule has 2 aliphatic rings. The van der Waals surface area contributed by atoms with Gasteiger partial charge in [-0.15, -0.1) is 0 Å². The van der Waals surface area contributed by atoms with Crippen molar-refractivity contribution >= 4 is 5.65 Å². The van der Waals surface area contributed by atoms with Gasteiger partial charge in [-0.2, -0.15) is 8.78 Å². The lowest BCUT2D eigenvalue weighted by Gasteiger charge is -2.34. The van der Waals surface area contributed by atoms with Crippen molar-refractivity contribution in [3.05, 3.63) is 77.5 Å². The third kappa shape index (κ3) is 3.55. The van der Waals surface area contributed by atoms with Crippen molar-refractivity contribution < 1.29 is 28.1 Å². The second-order valence-corrected chi connectivity index (χ2v) is 9.05. The molecule has 0 saturated heterocycles. The molecule has 1 aromatic carbocycles. The van der Waals surface area contributed by atoms with Crippen LogP contribution in [-0.2, 0) is 5.60 Å². The maximum atomic E-state index is 15.1. The molecule has 1 fully saturated rings. The molecular weight excluding hydrogens is 461 g/mol. The van der Waals surface area contributed by atoms with Crippen molar-refractivity contribution in [2.24, 2.45) is 0 Å². The number of hydrogen-bond donors (Lipinski definition) is 2. The van der Waals surface area contributed by atoms with Gasteiger partial charge in [-0.1, -0.05) is 18.2 Å². The van der Waals surface area contributed by atoms with Crippen LogP contribution in [-0.4, -0.2) is 36.2 Å². The fourth-order valence-electron chi connectivity index (χ4n) is 5.04. The maximum absolute atomic E-state index is 15.1. The highest BCUT2D eigenvalue weighted by Gasteiger charge is 2.39. The van der Waals surface area contributed by atoms with Crippen LogP contribution in [0.5, 0.6) is 5.75 Å². The summed E-state index contributed by atoms with van der Waals surface area (Å²) >= 11 is 0. The summed E-state index contributed by atoms with van der Waals surface area (Å²) in [7, 11) is 0. The number of hydrogen-bond acceptors (Lipinski definition) is 6. The third-order valence-electron chi connectivity index (χ3n) is 6.95. The standard InChI is InChI=1S/C25H21F3N4O3/c26-17-9-20-31-21-18(33)8-15(14-4-1-2-5-19(14)35-24(27)28)22(21)32(20)12-16(17)13-10-29-23(30-11-13)25(34)6-3-7-25/h1-2,4-5,9-12,15,18,24,33-34H,3,6-8H2/t15-,18-/m1/s1. The number of rotatable bonds is 5. The van der Waals surface area contributed by atoms with Crippen LogP contribution in [0, 0.1) is 5.82 Å². The molecule has 0 spiro atoms. The van der Waals surface area contributed by atoms with Crippen molar-refractivity contribution in [2.75, 3.05) is 0 Å². The molecule has 7 nitrogen and oxygen atoms in total. The number of benzene rings is 1. The van der Waals surface area contributed by atoms with Gasteiger partial charge in [-0.3, -0.25) is 0 Å². The molecule has 0 radical (unpaired) electrons. The first-order valence-electron chi connectivity index (χ1n) is 11.3. The smallest absolute Gasteiger partial charge is 0.387 e. The molecule has 0 bridgehead atoms. The maximum Gasteiger partial charge on any atom is 0.387 e. The monoisotopic (exact) mass is 482 g/mol. The van der Waals surface area contributed by atoms with Crippen LogP contribution in [0.2, 0.25) is 0 Å². The Bertz CT molecular complexity index is 1420. The van der Waals surface area contributed by atoms with Crippen LogP contribution in [0.15, 0.2) is 48.9 Å². The van der Waals surface area contributed by atoms with E-state index in [0.29, 0.717) is 41.2 Å². The first-order chi connectivity index (χ1) is 16.8. The van der Waals surface area contributed by atoms with Gasteiger partial charge in [0.25, 0.3) is 0 Å². The Morgan fingerprint density at radius 3 is 2.57 bits per heavy atom. The predicted molar refractivity (Wildman–Crippen MR) is 118 cm³/mol. The van der Waals surface area contributed by atoms with Crippen LogP contribution in [0.4, 0.5) is 13.2 Å². The summed E-state index contributed by atoms with van der Waals surface area (Å²) in [5.74, 6) is -0.707. The molecule has 4 aromatic rings. The predicted octanol–water partition coefficient (Wildman–Crippen LogP) is 4.47. The first-order valence-corrected chi connectivity index (χ1v) is 11.3. The summed E-state index contributed by atoms with van der Waals surface area (Å²) in [6.45, 7) is -2.99. The lowest BCUT2D eigenvalue weighted by Crippen LogP contribution is -2.35. The van der Waals surface area contributed by atoms with Gasteiger partial charge in [0.1, 0.15) is 22.8 Å². The Morgan fingerprint density at radius 2 is 1.89 bits per heavy atom. The number of aliphatic hydroxyl groups is 2. The SMILES string of the molecule is O[C@@H]1C[C@H](c2ccccc2OC(F)F)c2c1nc1cc(F)c(-c3cnc(C4(O)CCC4)nc3)cn21. The van der Waals surface area contributed by atoms with E-state index in [-0.39, 0.29) is 23.4 Å². The third-order valence-corrected chi connectivity index (χ3v) is 6.95. The molecule has 10 heteroatoms. The average molecular weight is 482 g/mol. The van der Waals surface area contributed by atoms with Gasteiger partial charge in [0.2, 0.25) is 0 Å². The summed E-state index contributed by atoms with van der Waals surface area (Å²) in [6.07, 6.45) is 5.87. The summed E-state index contributed by atoms with van der Waals surface area (Å²) in [5, 5.41) is 21.1. The van der Waals surface area contributed by atoms with Gasteiger partial charge in [0.15, 0.2) is 5.82 Å². The minimum absolute atomic E-state index is 0.0164. The van der Waals surface area contributed by atoms with Crippen LogP contribution in [0.25, 0.3) is 16.8 Å². The highest BCUT2D eigenvalue weighted by molar-refractivity contribution is 5.65. The number of pyridine rings is 1. The van der Waals surface area contributed by atoms with Crippen molar-refractivity contribution in [2.45, 2.75) is 49.9 Å². The van der Waals surface area contributed by atoms with E-state index < -0.39 is 30.1 Å². The Labute approximate surface area is 197 Å². The molecule has 6 rings (SSSR count). The Kier molecular flexibility index (Phi) is 5.05. The molecule has 0 aliphatic heterocycles. The van der Waals surface area contributed by atoms with Crippen molar-refractivity contribution in [3.8, 4) is 16.9 Å². The van der Waals surface area contributed by atoms with E-state index in [0.717, 1.165) is 6.42 Å². The highest BCUT2D eigenvalue weighted by Crippen LogP contribution is 2.47. The second-order valence-electron chi connectivity index (χ2n) is 9.05. The van der Waals surface area contributed by atoms with E-state index in [1.165, 1.54) is 24.5 Å². The van der Waals surface area contributed by atoms with E-state index in [1.807, 2.05) is 0 Å². The minimum atomic E-state index is -2.99. The summed E-state index contributed by atoms with van der Waals surface area (Å²) in [4.78, 5) is 12.9. The van der Waals surface area contributed by atoms with Gasteiger partial charge < -0.3 is 19.4 Å². The molecule has 0 unspecified atom stereocenters. The number of para-hydroxylation sites is 1. The fraction of sp³-hybridized carbons (Fsp3) is 0.320. The molecule has 1 saturated carbocycles. The van der Waals surface area contributed by atoms with Crippen LogP contribution >= 0.6 is 0 Å². The molecule has 2 N–H and O–H groups in total. The molecule has 3 heterocycles. The molecule has 2 aliphatic carbocycles. The fourth-order valence-corrected chi connectivity index (χ4v) is 5.04. The molecule has 35 heavy (non-hydrogen) atoms. The number of fused-ring (bicyclic) bond motifs is 3. The number of imidazole rings is 1. The molecule has 0 amide bonds. The van der Waals surface area contributed by atoms with Crippen molar-refractivity contribution in [1.29, 1.82) is 0 Å². The quantitative estimate of drug-likeness (QED) is 0.436. The van der Waals surface area contributed by atoms with Crippen molar-refractivity contribution in [1.82, 2.24) is 19.4 Å². The lowest BCUT2D eigenvalue weighted by atomic mass is 9.79. The molecule has 3 aromatic heterocycles. The van der Waals surface area contributed by atoms with Gasteiger partial charge >= 0.3 is 6.61 Å². The summed E-state index contributed by atoms with van der Waals surface area (Å²) in [5.41, 5.74) is 1.33. The summed E-state index contributed by atoms with van der Waals surface area (Å²) < 4.78 is 47.5. The number of alkyl halides is 2. The van der Waals surface area contributed by atoms with Gasteiger partial charge in [-0.05, 0) is 31.7 Å². The Hall–Kier alpha value is -3.50. The number of aliphatic hydroxyl groups excluding tert-OH is 1. The zero-order chi connectivity index (χ0) is 24.3. The minimum Gasteiger partial charge on any atom is -0.435 e. The largest absolute Gasteiger partial charge is 0.435 e. The topological polar surface area (TPSA) is 92.8 Å². The van der Waals surface area contributed by atoms with E-state index in [4.69, 9.17) is 4.74 Å². The van der Waals surface area contributed by atoms with Gasteiger partial charge in [-0.25, -0.2) is 19.3 Å². The molecule has 2 atom stereocenters. The normalized spacial score (nSPS) is 20.7. The van der Waals surface area contributed by atoms with Gasteiger partial charge in [0, 0.05) is 47.3 Å². The lowest BCUT2D eigenvalue weighted by molar-refractivity contribution is -0.0506. The van der Waals surface area contributed by atoms with E-state index in [9.17, 15) is 19.0 Å². The molecular formula is C25H21F3N4O3.